The largest absolute Gasteiger partial charge is 0.507 e. The zero-order chi connectivity index (χ0) is 24.4. The van der Waals surface area contributed by atoms with E-state index in [1.165, 1.54) is 41.1 Å². The van der Waals surface area contributed by atoms with E-state index in [4.69, 9.17) is 23.2 Å². The van der Waals surface area contributed by atoms with Gasteiger partial charge in [-0.1, -0.05) is 51.3 Å². The van der Waals surface area contributed by atoms with E-state index >= 15 is 0 Å². The summed E-state index contributed by atoms with van der Waals surface area (Å²) < 4.78 is 1.75. The molecule has 1 aromatic heterocycles. The van der Waals surface area contributed by atoms with E-state index < -0.39 is 17.2 Å². The average Bonchev–Trinajstić information content (AvgIpc) is 2.80. The number of ketones is 1. The Morgan fingerprint density at radius 3 is 2.29 bits per heavy atom. The van der Waals surface area contributed by atoms with Gasteiger partial charge in [-0.3, -0.25) is 19.0 Å². The van der Waals surface area contributed by atoms with Crippen LogP contribution in [-0.2, 0) is 0 Å². The number of nitrogens with one attached hydrogen (secondary N) is 1. The van der Waals surface area contributed by atoms with Crippen molar-refractivity contribution in [2.24, 2.45) is 0 Å². The van der Waals surface area contributed by atoms with Crippen molar-refractivity contribution in [3.63, 3.8) is 0 Å². The molecule has 0 aliphatic carbocycles. The van der Waals surface area contributed by atoms with Gasteiger partial charge in [-0.25, -0.2) is 0 Å². The number of hydrogen-bond acceptors (Lipinski definition) is 4. The second-order valence-corrected chi connectivity index (χ2v) is 9.04. The summed E-state index contributed by atoms with van der Waals surface area (Å²) in [5.41, 5.74) is -0.164. The normalized spacial score (nSPS) is 10.7. The molecule has 0 saturated carbocycles. The highest BCUT2D eigenvalue weighted by Gasteiger charge is 2.21. The number of carbonyl (C=O) groups is 2. The molecule has 1 amide bonds. The smallest absolute Gasteiger partial charge is 0.267 e. The van der Waals surface area contributed by atoms with Gasteiger partial charge in [0.15, 0.2) is 5.78 Å². The van der Waals surface area contributed by atoms with Crippen molar-refractivity contribution in [2.75, 3.05) is 5.32 Å². The number of phenolic OH excluding ortho intramolecular Hbond substituents is 1. The topological polar surface area (TPSA) is 88.4 Å². The molecule has 0 fully saturated rings. The maximum Gasteiger partial charge on any atom is 0.267 e. The number of pyridine rings is 1. The van der Waals surface area contributed by atoms with E-state index in [1.807, 2.05) is 0 Å². The van der Waals surface area contributed by atoms with Gasteiger partial charge in [0.1, 0.15) is 11.3 Å². The number of anilines is 1. The third-order valence-corrected chi connectivity index (χ3v) is 5.86. The lowest BCUT2D eigenvalue weighted by atomic mass is 10.0. The van der Waals surface area contributed by atoms with Crippen molar-refractivity contribution < 1.29 is 14.7 Å². The van der Waals surface area contributed by atoms with Crippen LogP contribution < -0.4 is 10.9 Å². The molecule has 0 radical (unpaired) electrons. The number of halogens is 3. The number of hydrogen-bond donors (Lipinski definition) is 2. The SMILES string of the molecule is O=C(c1cc(C(=O)Nc2cccc(Cl)c2)c(=O)n(-c2cccc(Cl)c2)c1)c1cc(Br)ccc1O. The monoisotopic (exact) mass is 556 g/mol. The lowest BCUT2D eigenvalue weighted by Crippen LogP contribution is -2.29. The van der Waals surface area contributed by atoms with Gasteiger partial charge in [-0.2, -0.15) is 0 Å². The molecule has 34 heavy (non-hydrogen) atoms. The minimum Gasteiger partial charge on any atom is -0.507 e. The van der Waals surface area contributed by atoms with E-state index in [2.05, 4.69) is 21.2 Å². The number of nitrogens with zero attached hydrogens (tertiary/aromatic N) is 1. The Morgan fingerprint density at radius 2 is 1.59 bits per heavy atom. The molecule has 0 aliphatic heterocycles. The molecule has 1 heterocycles. The van der Waals surface area contributed by atoms with Crippen molar-refractivity contribution in [3.05, 3.63) is 121 Å². The third kappa shape index (κ3) is 5.07. The number of benzene rings is 3. The molecule has 170 valence electrons. The molecule has 0 bridgehead atoms. The highest BCUT2D eigenvalue weighted by atomic mass is 79.9. The van der Waals surface area contributed by atoms with Gasteiger partial charge >= 0.3 is 0 Å². The van der Waals surface area contributed by atoms with Crippen LogP contribution in [-0.4, -0.2) is 21.4 Å². The van der Waals surface area contributed by atoms with E-state index in [-0.39, 0.29) is 22.4 Å². The summed E-state index contributed by atoms with van der Waals surface area (Å²) in [6.07, 6.45) is 1.31. The Balaban J connectivity index is 1.87. The average molecular weight is 558 g/mol. The number of phenols is 1. The van der Waals surface area contributed by atoms with Crippen molar-refractivity contribution in [3.8, 4) is 11.4 Å². The molecule has 6 nitrogen and oxygen atoms in total. The van der Waals surface area contributed by atoms with Crippen LogP contribution >= 0.6 is 39.1 Å². The zero-order valence-electron chi connectivity index (χ0n) is 17.3. The third-order valence-electron chi connectivity index (χ3n) is 4.90. The van der Waals surface area contributed by atoms with Crippen LogP contribution in [0.3, 0.4) is 0 Å². The van der Waals surface area contributed by atoms with Crippen molar-refractivity contribution >= 4 is 56.5 Å². The maximum absolute atomic E-state index is 13.3. The van der Waals surface area contributed by atoms with Crippen molar-refractivity contribution in [1.82, 2.24) is 4.57 Å². The number of carbonyl (C=O) groups excluding carboxylic acids is 2. The number of rotatable bonds is 5. The van der Waals surface area contributed by atoms with E-state index in [9.17, 15) is 19.5 Å². The molecule has 9 heteroatoms. The number of aromatic hydroxyl groups is 1. The first-order chi connectivity index (χ1) is 16.2. The van der Waals surface area contributed by atoms with Gasteiger partial charge in [-0.15, -0.1) is 0 Å². The summed E-state index contributed by atoms with van der Waals surface area (Å²) in [6.45, 7) is 0. The van der Waals surface area contributed by atoms with Gasteiger partial charge in [0.05, 0.1) is 11.3 Å². The second-order valence-electron chi connectivity index (χ2n) is 7.25. The molecule has 4 rings (SSSR count). The van der Waals surface area contributed by atoms with E-state index in [0.29, 0.717) is 25.9 Å². The van der Waals surface area contributed by atoms with Gasteiger partial charge in [-0.05, 0) is 60.7 Å². The Bertz CT molecular complexity index is 1500. The maximum atomic E-state index is 13.3. The summed E-state index contributed by atoms with van der Waals surface area (Å²) in [5.74, 6) is -1.54. The van der Waals surface area contributed by atoms with Crippen LogP contribution in [0, 0.1) is 0 Å². The zero-order valence-corrected chi connectivity index (χ0v) is 20.4. The predicted octanol–water partition coefficient (Wildman–Crippen LogP) is 6.10. The van der Waals surface area contributed by atoms with Gasteiger partial charge in [0.2, 0.25) is 0 Å². The summed E-state index contributed by atoms with van der Waals surface area (Å²) in [6, 6.07) is 18.5. The fourth-order valence-corrected chi connectivity index (χ4v) is 4.03. The molecule has 0 saturated heterocycles. The Hall–Kier alpha value is -3.39. The van der Waals surface area contributed by atoms with Crippen LogP contribution in [0.4, 0.5) is 5.69 Å². The molecule has 0 aliphatic rings. The first-order valence-electron chi connectivity index (χ1n) is 9.86. The molecule has 3 aromatic carbocycles. The molecular weight excluding hydrogens is 543 g/mol. The molecular formula is C25H15BrCl2N2O4. The first-order valence-corrected chi connectivity index (χ1v) is 11.4. The summed E-state index contributed by atoms with van der Waals surface area (Å²) in [4.78, 5) is 39.6. The lowest BCUT2D eigenvalue weighted by molar-refractivity contribution is 0.102. The minimum atomic E-state index is -0.726. The highest BCUT2D eigenvalue weighted by Crippen LogP contribution is 2.25. The predicted molar refractivity (Wildman–Crippen MR) is 136 cm³/mol. The van der Waals surface area contributed by atoms with Crippen LogP contribution in [0.5, 0.6) is 5.75 Å². The van der Waals surface area contributed by atoms with Gasteiger partial charge in [0, 0.05) is 32.0 Å². The quantitative estimate of drug-likeness (QED) is 0.290. The Labute approximate surface area is 212 Å². The molecule has 2 N–H and O–H groups in total. The highest BCUT2D eigenvalue weighted by molar-refractivity contribution is 9.10. The Kier molecular flexibility index (Phi) is 6.88. The van der Waals surface area contributed by atoms with E-state index in [0.717, 1.165) is 0 Å². The molecule has 4 aromatic rings. The number of amides is 1. The Morgan fingerprint density at radius 1 is 0.882 bits per heavy atom. The van der Waals surface area contributed by atoms with Crippen LogP contribution in [0.15, 0.2) is 88.3 Å². The fourth-order valence-electron chi connectivity index (χ4n) is 3.30. The second kappa shape index (κ2) is 9.85. The minimum absolute atomic E-state index is 0.00636. The van der Waals surface area contributed by atoms with Crippen molar-refractivity contribution in [2.45, 2.75) is 0 Å². The van der Waals surface area contributed by atoms with Crippen molar-refractivity contribution in [1.29, 1.82) is 0 Å². The van der Waals surface area contributed by atoms with E-state index in [1.54, 1.807) is 42.5 Å². The molecule has 0 spiro atoms. The van der Waals surface area contributed by atoms with Crippen LogP contribution in [0.1, 0.15) is 26.3 Å². The van der Waals surface area contributed by atoms with Gasteiger partial charge in [0.25, 0.3) is 11.5 Å². The fraction of sp³-hybridized carbons (Fsp3) is 0. The van der Waals surface area contributed by atoms with Crippen LogP contribution in [0.25, 0.3) is 5.69 Å². The van der Waals surface area contributed by atoms with Crippen LogP contribution in [0.2, 0.25) is 10.0 Å². The molecule has 0 atom stereocenters. The number of aromatic nitrogens is 1. The summed E-state index contributed by atoms with van der Waals surface area (Å²) in [7, 11) is 0. The lowest BCUT2D eigenvalue weighted by Gasteiger charge is -2.13. The summed E-state index contributed by atoms with van der Waals surface area (Å²) >= 11 is 15.4. The standard InChI is InChI=1S/C25H15BrCl2N2O4/c26-15-7-8-22(31)20(10-15)23(32)14-9-21(24(33)29-18-5-1-3-16(27)11-18)25(34)30(13-14)19-6-2-4-17(28)12-19/h1-13,31H,(H,29,33). The van der Waals surface area contributed by atoms with Gasteiger partial charge < -0.3 is 10.4 Å². The summed E-state index contributed by atoms with van der Waals surface area (Å²) in [5, 5.41) is 13.6. The molecule has 0 unspecified atom stereocenters. The first kappa shape index (κ1) is 23.8.